The van der Waals surface area contributed by atoms with Crippen LogP contribution in [0.3, 0.4) is 0 Å². The molecule has 0 bridgehead atoms. The number of carbonyl (C=O) groups excluding carboxylic acids is 2. The number of ketones is 2. The average molecular weight is 385 g/mol. The minimum atomic E-state index is -0.996. The summed E-state index contributed by atoms with van der Waals surface area (Å²) in [4.78, 5) is 26.5. The second-order valence-corrected chi connectivity index (χ2v) is 6.32. The lowest BCUT2D eigenvalue weighted by molar-refractivity contribution is 0.0773. The fraction of sp³-hybridized carbons (Fsp3) is 0.318. The predicted molar refractivity (Wildman–Crippen MR) is 106 cm³/mol. The molecule has 0 aliphatic carbocycles. The van der Waals surface area contributed by atoms with Crippen LogP contribution in [0.5, 0.6) is 23.0 Å². The van der Waals surface area contributed by atoms with Crippen LogP contribution in [0.25, 0.3) is 0 Å². The fourth-order valence-corrected chi connectivity index (χ4v) is 2.98. The Kier molecular flexibility index (Phi) is 7.04. The van der Waals surface area contributed by atoms with E-state index in [1.807, 2.05) is 0 Å². The number of benzene rings is 2. The van der Waals surface area contributed by atoms with Crippen molar-refractivity contribution in [2.24, 2.45) is 11.8 Å². The minimum absolute atomic E-state index is 0.296. The van der Waals surface area contributed by atoms with E-state index in [9.17, 15) is 9.59 Å². The van der Waals surface area contributed by atoms with Crippen molar-refractivity contribution in [3.63, 3.8) is 0 Å². The van der Waals surface area contributed by atoms with Gasteiger partial charge >= 0.3 is 0 Å². The van der Waals surface area contributed by atoms with E-state index < -0.39 is 11.8 Å². The summed E-state index contributed by atoms with van der Waals surface area (Å²) in [6.45, 7) is 5.67. The van der Waals surface area contributed by atoms with Crippen molar-refractivity contribution in [1.29, 1.82) is 0 Å². The standard InChI is InChI=1S/C22H25O6/c1-13(2)20(21(23)16-9-7-14(25-3)11-18(16)27-5)22(24)17-10-8-15(26-4)12-19(17)28-6/h7-13,20H,1H2,2-6H3. The molecular weight excluding hydrogens is 360 g/mol. The summed E-state index contributed by atoms with van der Waals surface area (Å²) in [5.74, 6) is -0.432. The molecule has 2 aromatic carbocycles. The first-order chi connectivity index (χ1) is 13.4. The van der Waals surface area contributed by atoms with Crippen molar-refractivity contribution in [3.05, 3.63) is 54.4 Å². The van der Waals surface area contributed by atoms with Crippen LogP contribution in [0.2, 0.25) is 0 Å². The lowest BCUT2D eigenvalue weighted by Crippen LogP contribution is -2.30. The topological polar surface area (TPSA) is 71.1 Å². The lowest BCUT2D eigenvalue weighted by atomic mass is 9.81. The summed E-state index contributed by atoms with van der Waals surface area (Å²) in [5, 5.41) is 0. The number of Topliss-reactive ketones (excluding diaryl/α,β-unsaturated/α-hetero) is 2. The van der Waals surface area contributed by atoms with E-state index in [0.29, 0.717) is 34.1 Å². The first-order valence-corrected chi connectivity index (χ1v) is 8.73. The molecular formula is C22H25O6. The van der Waals surface area contributed by atoms with Gasteiger partial charge in [0.25, 0.3) is 0 Å². The third-order valence-electron chi connectivity index (χ3n) is 4.48. The molecule has 0 aromatic heterocycles. The van der Waals surface area contributed by atoms with Crippen LogP contribution in [0.1, 0.15) is 27.6 Å². The largest absolute Gasteiger partial charge is 0.497 e. The summed E-state index contributed by atoms with van der Waals surface area (Å²) in [7, 11) is 5.97. The number of methoxy groups -OCH3 is 4. The van der Waals surface area contributed by atoms with Crippen molar-refractivity contribution in [2.75, 3.05) is 28.4 Å². The number of ether oxygens (including phenoxy) is 4. The highest BCUT2D eigenvalue weighted by atomic mass is 16.5. The quantitative estimate of drug-likeness (QED) is 0.482. The van der Waals surface area contributed by atoms with E-state index in [1.165, 1.54) is 28.4 Å². The molecule has 6 heteroatoms. The van der Waals surface area contributed by atoms with Gasteiger partial charge in [0.2, 0.25) is 0 Å². The molecule has 0 fully saturated rings. The van der Waals surface area contributed by atoms with E-state index in [1.54, 1.807) is 43.3 Å². The zero-order chi connectivity index (χ0) is 20.8. The SMILES string of the molecule is [CH2]C(C)C(C(=O)c1ccc(OC)cc1OC)C(=O)c1ccc(OC)cc1OC. The molecule has 149 valence electrons. The Labute approximate surface area is 165 Å². The summed E-state index contributed by atoms with van der Waals surface area (Å²) in [6, 6.07) is 9.70. The molecule has 6 nitrogen and oxygen atoms in total. The normalized spacial score (nSPS) is 10.7. The van der Waals surface area contributed by atoms with Crippen molar-refractivity contribution in [2.45, 2.75) is 6.92 Å². The number of hydrogen-bond donors (Lipinski definition) is 0. The second-order valence-electron chi connectivity index (χ2n) is 6.32. The molecule has 1 radical (unpaired) electrons. The summed E-state index contributed by atoms with van der Waals surface area (Å²) < 4.78 is 21.0. The van der Waals surface area contributed by atoms with Crippen LogP contribution in [-0.2, 0) is 0 Å². The molecule has 2 rings (SSSR count). The van der Waals surface area contributed by atoms with Gasteiger partial charge in [-0.2, -0.15) is 0 Å². The van der Waals surface area contributed by atoms with E-state index in [4.69, 9.17) is 18.9 Å². The Morgan fingerprint density at radius 3 is 1.43 bits per heavy atom. The van der Waals surface area contributed by atoms with Crippen molar-refractivity contribution in [1.82, 2.24) is 0 Å². The predicted octanol–water partition coefficient (Wildman–Crippen LogP) is 3.87. The third kappa shape index (κ3) is 4.27. The Morgan fingerprint density at radius 1 is 0.750 bits per heavy atom. The smallest absolute Gasteiger partial charge is 0.177 e. The molecule has 1 atom stereocenters. The maximum absolute atomic E-state index is 13.3. The highest BCUT2D eigenvalue weighted by Gasteiger charge is 2.34. The van der Waals surface area contributed by atoms with Gasteiger partial charge < -0.3 is 18.9 Å². The minimum Gasteiger partial charge on any atom is -0.497 e. The van der Waals surface area contributed by atoms with E-state index in [-0.39, 0.29) is 11.6 Å². The molecule has 0 spiro atoms. The zero-order valence-corrected chi connectivity index (χ0v) is 16.8. The number of hydrogen-bond acceptors (Lipinski definition) is 6. The van der Waals surface area contributed by atoms with Gasteiger partial charge in [-0.15, -0.1) is 0 Å². The average Bonchev–Trinajstić information content (AvgIpc) is 2.72. The highest BCUT2D eigenvalue weighted by Crippen LogP contribution is 2.33. The number of carbonyl (C=O) groups is 2. The molecule has 0 heterocycles. The Balaban J connectivity index is 2.48. The molecule has 2 aromatic rings. The molecule has 28 heavy (non-hydrogen) atoms. The summed E-state index contributed by atoms with van der Waals surface area (Å²) >= 11 is 0. The van der Waals surface area contributed by atoms with Gasteiger partial charge in [0.1, 0.15) is 23.0 Å². The Morgan fingerprint density at radius 2 is 1.14 bits per heavy atom. The molecule has 0 amide bonds. The van der Waals surface area contributed by atoms with Crippen LogP contribution in [-0.4, -0.2) is 40.0 Å². The van der Waals surface area contributed by atoms with Gasteiger partial charge in [-0.25, -0.2) is 0 Å². The van der Waals surface area contributed by atoms with Crippen LogP contribution >= 0.6 is 0 Å². The highest BCUT2D eigenvalue weighted by molar-refractivity contribution is 6.18. The zero-order valence-electron chi connectivity index (χ0n) is 16.8. The van der Waals surface area contributed by atoms with Crippen LogP contribution in [0.15, 0.2) is 36.4 Å². The van der Waals surface area contributed by atoms with E-state index in [0.717, 1.165) is 0 Å². The Bertz CT molecular complexity index is 789. The monoisotopic (exact) mass is 385 g/mol. The fourth-order valence-electron chi connectivity index (χ4n) is 2.98. The first kappa shape index (κ1) is 21.3. The van der Waals surface area contributed by atoms with Gasteiger partial charge in [-0.1, -0.05) is 6.92 Å². The van der Waals surface area contributed by atoms with Crippen molar-refractivity contribution < 1.29 is 28.5 Å². The van der Waals surface area contributed by atoms with Crippen LogP contribution in [0, 0.1) is 18.8 Å². The van der Waals surface area contributed by atoms with Gasteiger partial charge in [0, 0.05) is 12.1 Å². The summed E-state index contributed by atoms with van der Waals surface area (Å²) in [6.07, 6.45) is 0. The molecule has 0 aliphatic rings. The maximum atomic E-state index is 13.3. The van der Waals surface area contributed by atoms with Crippen molar-refractivity contribution >= 4 is 11.6 Å². The second kappa shape index (κ2) is 9.26. The number of rotatable bonds is 9. The van der Waals surface area contributed by atoms with Gasteiger partial charge in [-0.3, -0.25) is 9.59 Å². The molecule has 0 saturated heterocycles. The van der Waals surface area contributed by atoms with Crippen LogP contribution in [0.4, 0.5) is 0 Å². The van der Waals surface area contributed by atoms with Gasteiger partial charge in [-0.05, 0) is 37.1 Å². The van der Waals surface area contributed by atoms with Crippen molar-refractivity contribution in [3.8, 4) is 23.0 Å². The molecule has 1 unspecified atom stereocenters. The first-order valence-electron chi connectivity index (χ1n) is 8.73. The summed E-state index contributed by atoms with van der Waals surface area (Å²) in [5.41, 5.74) is 0.592. The third-order valence-corrected chi connectivity index (χ3v) is 4.48. The van der Waals surface area contributed by atoms with Crippen LogP contribution < -0.4 is 18.9 Å². The van der Waals surface area contributed by atoms with Gasteiger partial charge in [0.05, 0.1) is 45.5 Å². The molecule has 0 N–H and O–H groups in total. The maximum Gasteiger partial charge on any atom is 0.177 e. The van der Waals surface area contributed by atoms with E-state index in [2.05, 4.69) is 6.92 Å². The van der Waals surface area contributed by atoms with Gasteiger partial charge in [0.15, 0.2) is 11.6 Å². The lowest BCUT2D eigenvalue weighted by Gasteiger charge is -2.21. The van der Waals surface area contributed by atoms with E-state index >= 15 is 0 Å². The molecule has 0 saturated carbocycles. The molecule has 0 aliphatic heterocycles. The Hall–Kier alpha value is -3.02.